The van der Waals surface area contributed by atoms with Crippen LogP contribution < -0.4 is 5.32 Å². The molecule has 0 aromatic heterocycles. The molecule has 1 aromatic carbocycles. The van der Waals surface area contributed by atoms with Gasteiger partial charge < -0.3 is 14.6 Å². The highest BCUT2D eigenvalue weighted by Gasteiger charge is 2.52. The van der Waals surface area contributed by atoms with E-state index in [1.807, 2.05) is 65.1 Å². The molecule has 22 heavy (non-hydrogen) atoms. The number of nitrogens with zero attached hydrogens (tertiary/aromatic N) is 1. The lowest BCUT2D eigenvalue weighted by Crippen LogP contribution is -2.41. The predicted octanol–water partition coefficient (Wildman–Crippen LogP) is 2.79. The molecule has 4 nitrogen and oxygen atoms in total. The van der Waals surface area contributed by atoms with Gasteiger partial charge in [0.05, 0.1) is 22.8 Å². The summed E-state index contributed by atoms with van der Waals surface area (Å²) in [5.74, 6) is 0. The van der Waals surface area contributed by atoms with Gasteiger partial charge in [0.25, 0.3) is 0 Å². The smallest absolute Gasteiger partial charge is 0.400 e. The van der Waals surface area contributed by atoms with Crippen LogP contribution in [0.2, 0.25) is 0 Å². The second-order valence-corrected chi connectivity index (χ2v) is 6.54. The predicted molar refractivity (Wildman–Crippen MR) is 89.1 cm³/mol. The summed E-state index contributed by atoms with van der Waals surface area (Å²) in [6.07, 6.45) is 1.98. The maximum atomic E-state index is 9.24. The van der Waals surface area contributed by atoms with E-state index < -0.39 is 7.12 Å². The van der Waals surface area contributed by atoms with Crippen molar-refractivity contribution in [2.45, 2.75) is 38.9 Å². The third kappa shape index (κ3) is 3.25. The van der Waals surface area contributed by atoms with Crippen molar-refractivity contribution < 1.29 is 9.31 Å². The average Bonchev–Trinajstić information content (AvgIpc) is 2.67. The van der Waals surface area contributed by atoms with Crippen molar-refractivity contribution in [2.75, 3.05) is 13.6 Å². The molecule has 1 aliphatic rings. The van der Waals surface area contributed by atoms with E-state index in [0.29, 0.717) is 12.1 Å². The van der Waals surface area contributed by atoms with Gasteiger partial charge in [-0.1, -0.05) is 24.3 Å². The van der Waals surface area contributed by atoms with Gasteiger partial charge in [-0.2, -0.15) is 5.26 Å². The van der Waals surface area contributed by atoms with E-state index in [-0.39, 0.29) is 11.2 Å². The molecular formula is C17H23BN2O2. The second kappa shape index (κ2) is 6.25. The summed E-state index contributed by atoms with van der Waals surface area (Å²) in [4.78, 5) is 0. The monoisotopic (exact) mass is 298 g/mol. The largest absolute Gasteiger partial charge is 0.491 e. The first kappa shape index (κ1) is 16.8. The van der Waals surface area contributed by atoms with Crippen molar-refractivity contribution >= 4 is 13.2 Å². The first-order valence-corrected chi connectivity index (χ1v) is 7.50. The van der Waals surface area contributed by atoms with Crippen LogP contribution in [0.15, 0.2) is 29.7 Å². The average molecular weight is 298 g/mol. The van der Waals surface area contributed by atoms with Crippen molar-refractivity contribution in [3.05, 3.63) is 40.9 Å². The highest BCUT2D eigenvalue weighted by molar-refractivity contribution is 6.56. The molecule has 1 aliphatic heterocycles. The zero-order chi connectivity index (χ0) is 16.4. The lowest BCUT2D eigenvalue weighted by molar-refractivity contribution is 0.00578. The Balaban J connectivity index is 2.36. The van der Waals surface area contributed by atoms with Crippen molar-refractivity contribution in [2.24, 2.45) is 0 Å². The van der Waals surface area contributed by atoms with Crippen LogP contribution in [0.25, 0.3) is 6.08 Å². The van der Waals surface area contributed by atoms with E-state index in [9.17, 15) is 5.26 Å². The van der Waals surface area contributed by atoms with E-state index in [4.69, 9.17) is 9.31 Å². The van der Waals surface area contributed by atoms with Crippen LogP contribution in [-0.2, 0) is 9.31 Å². The fraction of sp³-hybridized carbons (Fsp3) is 0.471. The second-order valence-electron chi connectivity index (χ2n) is 6.54. The SMILES string of the molecule is CNCC(=Cc1ccccc1C#N)B1OC(C)(C)C(C)(C)O1. The molecule has 0 bridgehead atoms. The van der Waals surface area contributed by atoms with E-state index in [0.717, 1.165) is 11.0 Å². The van der Waals surface area contributed by atoms with Gasteiger partial charge in [0.2, 0.25) is 0 Å². The van der Waals surface area contributed by atoms with Crippen LogP contribution in [0.3, 0.4) is 0 Å². The summed E-state index contributed by atoms with van der Waals surface area (Å²) >= 11 is 0. The molecule has 0 aliphatic carbocycles. The number of benzene rings is 1. The minimum atomic E-state index is -0.413. The third-order valence-electron chi connectivity index (χ3n) is 4.36. The first-order valence-electron chi connectivity index (χ1n) is 7.50. The Labute approximate surface area is 133 Å². The van der Waals surface area contributed by atoms with Gasteiger partial charge in [-0.25, -0.2) is 0 Å². The van der Waals surface area contributed by atoms with Gasteiger partial charge >= 0.3 is 7.12 Å². The molecule has 2 rings (SSSR count). The van der Waals surface area contributed by atoms with Crippen LogP contribution in [0.5, 0.6) is 0 Å². The van der Waals surface area contributed by atoms with Gasteiger partial charge in [-0.15, -0.1) is 0 Å². The Morgan fingerprint density at radius 1 is 1.23 bits per heavy atom. The summed E-state index contributed by atoms with van der Waals surface area (Å²) < 4.78 is 12.2. The van der Waals surface area contributed by atoms with E-state index >= 15 is 0 Å². The molecule has 0 spiro atoms. The Morgan fingerprint density at radius 3 is 2.36 bits per heavy atom. The quantitative estimate of drug-likeness (QED) is 0.868. The first-order chi connectivity index (χ1) is 10.3. The molecule has 1 aromatic rings. The van der Waals surface area contributed by atoms with Gasteiger partial charge in [0.1, 0.15) is 0 Å². The molecule has 0 unspecified atom stereocenters. The lowest BCUT2D eigenvalue weighted by atomic mass is 9.76. The molecule has 0 saturated carbocycles. The van der Waals surface area contributed by atoms with Crippen molar-refractivity contribution in [1.29, 1.82) is 5.26 Å². The fourth-order valence-electron chi connectivity index (χ4n) is 2.33. The van der Waals surface area contributed by atoms with Gasteiger partial charge in [0.15, 0.2) is 0 Å². The van der Waals surface area contributed by atoms with Gasteiger partial charge in [-0.05, 0) is 51.8 Å². The van der Waals surface area contributed by atoms with Crippen LogP contribution in [0, 0.1) is 11.3 Å². The van der Waals surface area contributed by atoms with Crippen molar-refractivity contribution in [3.8, 4) is 6.07 Å². The maximum absolute atomic E-state index is 9.24. The number of hydrogen-bond acceptors (Lipinski definition) is 4. The molecule has 1 saturated heterocycles. The number of nitrogens with one attached hydrogen (secondary N) is 1. The molecule has 1 fully saturated rings. The summed E-state index contributed by atoms with van der Waals surface area (Å²) in [6.45, 7) is 8.78. The van der Waals surface area contributed by atoms with Gasteiger partial charge in [-0.3, -0.25) is 0 Å². The molecule has 1 N–H and O–H groups in total. The topological polar surface area (TPSA) is 54.3 Å². The Bertz CT molecular complexity index is 601. The van der Waals surface area contributed by atoms with Crippen LogP contribution in [-0.4, -0.2) is 31.9 Å². The highest BCUT2D eigenvalue weighted by Crippen LogP contribution is 2.38. The molecule has 116 valence electrons. The number of hydrogen-bond donors (Lipinski definition) is 1. The Kier molecular flexibility index (Phi) is 4.76. The number of likely N-dealkylation sites (N-methyl/N-ethyl adjacent to an activating group) is 1. The lowest BCUT2D eigenvalue weighted by Gasteiger charge is -2.32. The molecule has 1 heterocycles. The zero-order valence-corrected chi connectivity index (χ0v) is 13.9. The van der Waals surface area contributed by atoms with Crippen molar-refractivity contribution in [1.82, 2.24) is 5.32 Å². The molecule has 0 radical (unpaired) electrons. The summed E-state index contributed by atoms with van der Waals surface area (Å²) in [7, 11) is 1.47. The minimum absolute atomic E-state index is 0.376. The maximum Gasteiger partial charge on any atom is 0.491 e. The third-order valence-corrected chi connectivity index (χ3v) is 4.36. The fourth-order valence-corrected chi connectivity index (χ4v) is 2.33. The van der Waals surface area contributed by atoms with E-state index in [1.165, 1.54) is 0 Å². The number of rotatable bonds is 4. The number of nitriles is 1. The van der Waals surface area contributed by atoms with Gasteiger partial charge in [0, 0.05) is 6.54 Å². The summed E-state index contributed by atoms with van der Waals surface area (Å²) in [5.41, 5.74) is 1.75. The minimum Gasteiger partial charge on any atom is -0.400 e. The highest BCUT2D eigenvalue weighted by atomic mass is 16.7. The Hall–Kier alpha value is -1.61. The van der Waals surface area contributed by atoms with Crippen LogP contribution in [0.4, 0.5) is 0 Å². The summed E-state index contributed by atoms with van der Waals surface area (Å²) in [6, 6.07) is 9.75. The van der Waals surface area contributed by atoms with Crippen LogP contribution >= 0.6 is 0 Å². The molecular weight excluding hydrogens is 275 g/mol. The molecule has 0 atom stereocenters. The van der Waals surface area contributed by atoms with Crippen molar-refractivity contribution in [3.63, 3.8) is 0 Å². The molecule has 5 heteroatoms. The normalized spacial score (nSPS) is 20.0. The molecule has 0 amide bonds. The summed E-state index contributed by atoms with van der Waals surface area (Å²) in [5, 5.41) is 12.4. The Morgan fingerprint density at radius 2 is 1.82 bits per heavy atom. The zero-order valence-electron chi connectivity index (χ0n) is 13.9. The van der Waals surface area contributed by atoms with E-state index in [2.05, 4.69) is 11.4 Å². The van der Waals surface area contributed by atoms with Crippen LogP contribution in [0.1, 0.15) is 38.8 Å². The standard InChI is InChI=1S/C17H23BN2O2/c1-16(2)17(3,4)22-18(21-16)15(12-20-5)10-13-8-6-7-9-14(13)11-19/h6-10,20H,12H2,1-5H3. The van der Waals surface area contributed by atoms with E-state index in [1.54, 1.807) is 0 Å².